The van der Waals surface area contributed by atoms with Crippen molar-refractivity contribution in [2.75, 3.05) is 26.2 Å². The van der Waals surface area contributed by atoms with Crippen LogP contribution in [0.2, 0.25) is 0 Å². The maximum Gasteiger partial charge on any atom is 0.0791 e. The molecule has 2 unspecified atom stereocenters. The Morgan fingerprint density at radius 1 is 1.22 bits per heavy atom. The minimum absolute atomic E-state index is 0.203. The predicted molar refractivity (Wildman–Crippen MR) is 75.7 cm³/mol. The topological polar surface area (TPSA) is 35.5 Å². The molecule has 0 radical (unpaired) electrons. The van der Waals surface area contributed by atoms with E-state index in [0.717, 1.165) is 38.0 Å². The minimum Gasteiger partial charge on any atom is -0.390 e. The number of aliphatic hydroxyl groups is 1. The molecule has 1 saturated heterocycles. The molecule has 106 valence electrons. The van der Waals surface area contributed by atoms with E-state index >= 15 is 0 Å². The quantitative estimate of drug-likeness (QED) is 0.728. The highest BCUT2D eigenvalue weighted by Crippen LogP contribution is 2.33. The molecule has 0 bridgehead atoms. The third-order valence-corrected chi connectivity index (χ3v) is 4.59. The Bertz CT molecular complexity index is 235. The molecule has 1 saturated carbocycles. The van der Waals surface area contributed by atoms with E-state index in [1.807, 2.05) is 0 Å². The van der Waals surface area contributed by atoms with Gasteiger partial charge in [0.15, 0.2) is 0 Å². The zero-order chi connectivity index (χ0) is 13.0. The third kappa shape index (κ3) is 4.52. The van der Waals surface area contributed by atoms with Crippen LogP contribution >= 0.6 is 0 Å². The Hall–Kier alpha value is -0.120. The smallest absolute Gasteiger partial charge is 0.0791 e. The normalized spacial score (nSPS) is 26.2. The highest BCUT2D eigenvalue weighted by molar-refractivity contribution is 4.86. The highest BCUT2D eigenvalue weighted by atomic mass is 16.3. The summed E-state index contributed by atoms with van der Waals surface area (Å²) in [6.07, 6.45) is 6.33. The fraction of sp³-hybridized carbons (Fsp3) is 1.00. The fourth-order valence-electron chi connectivity index (χ4n) is 3.04. The second-order valence-electron chi connectivity index (χ2n) is 6.40. The Balaban J connectivity index is 1.60. The number of hydrogen-bond donors (Lipinski definition) is 2. The summed E-state index contributed by atoms with van der Waals surface area (Å²) < 4.78 is 0. The molecule has 2 rings (SSSR count). The summed E-state index contributed by atoms with van der Waals surface area (Å²) in [5.41, 5.74) is 0. The Morgan fingerprint density at radius 3 is 2.44 bits per heavy atom. The first-order chi connectivity index (χ1) is 8.69. The summed E-state index contributed by atoms with van der Waals surface area (Å²) in [5.74, 6) is 1.76. The Kier molecular flexibility index (Phi) is 5.46. The van der Waals surface area contributed by atoms with Crippen molar-refractivity contribution in [2.45, 2.75) is 58.1 Å². The first-order valence-corrected chi connectivity index (χ1v) is 7.82. The van der Waals surface area contributed by atoms with Gasteiger partial charge >= 0.3 is 0 Å². The number of likely N-dealkylation sites (tertiary alicyclic amines) is 1. The van der Waals surface area contributed by atoms with Crippen LogP contribution in [0.5, 0.6) is 0 Å². The zero-order valence-corrected chi connectivity index (χ0v) is 12.1. The summed E-state index contributed by atoms with van der Waals surface area (Å²) in [6.45, 7) is 8.52. The van der Waals surface area contributed by atoms with Crippen molar-refractivity contribution in [1.29, 1.82) is 0 Å². The number of nitrogens with zero attached hydrogens (tertiary/aromatic N) is 1. The maximum absolute atomic E-state index is 10.1. The van der Waals surface area contributed by atoms with Gasteiger partial charge in [-0.1, -0.05) is 13.8 Å². The zero-order valence-electron chi connectivity index (χ0n) is 12.1. The molecule has 3 heteroatoms. The molecule has 1 aliphatic carbocycles. The lowest BCUT2D eigenvalue weighted by Gasteiger charge is -2.32. The second-order valence-corrected chi connectivity index (χ2v) is 6.40. The molecule has 2 atom stereocenters. The number of β-amino-alcohol motifs (C(OH)–C–C–N with tert-alkyl or cyclic N) is 1. The summed E-state index contributed by atoms with van der Waals surface area (Å²) in [5, 5.41) is 13.7. The SMILES string of the molecule is CCC(NCC(O)CN1CCC(C)CC1)C1CC1. The van der Waals surface area contributed by atoms with Gasteiger partial charge in [0.2, 0.25) is 0 Å². The van der Waals surface area contributed by atoms with Crippen LogP contribution in [-0.2, 0) is 0 Å². The van der Waals surface area contributed by atoms with Crippen LogP contribution in [0.15, 0.2) is 0 Å². The van der Waals surface area contributed by atoms with Crippen molar-refractivity contribution >= 4 is 0 Å². The van der Waals surface area contributed by atoms with E-state index in [2.05, 4.69) is 24.1 Å². The van der Waals surface area contributed by atoms with Gasteiger partial charge in [0.25, 0.3) is 0 Å². The van der Waals surface area contributed by atoms with Gasteiger partial charge in [-0.2, -0.15) is 0 Å². The predicted octanol–water partition coefficient (Wildman–Crippen LogP) is 1.86. The lowest BCUT2D eigenvalue weighted by atomic mass is 9.99. The maximum atomic E-state index is 10.1. The molecule has 0 aromatic heterocycles. The molecule has 0 aromatic rings. The van der Waals surface area contributed by atoms with Gasteiger partial charge in [0.1, 0.15) is 0 Å². The monoisotopic (exact) mass is 254 g/mol. The van der Waals surface area contributed by atoms with Crippen LogP contribution in [-0.4, -0.2) is 48.3 Å². The summed E-state index contributed by atoms with van der Waals surface area (Å²) in [7, 11) is 0. The number of nitrogens with one attached hydrogen (secondary N) is 1. The molecule has 0 amide bonds. The second kappa shape index (κ2) is 6.88. The van der Waals surface area contributed by atoms with Gasteiger partial charge in [-0.15, -0.1) is 0 Å². The molecular weight excluding hydrogens is 224 g/mol. The van der Waals surface area contributed by atoms with Crippen LogP contribution in [0.4, 0.5) is 0 Å². The van der Waals surface area contributed by atoms with Gasteiger partial charge in [-0.25, -0.2) is 0 Å². The van der Waals surface area contributed by atoms with E-state index in [4.69, 9.17) is 0 Å². The van der Waals surface area contributed by atoms with Gasteiger partial charge in [-0.3, -0.25) is 0 Å². The van der Waals surface area contributed by atoms with Crippen LogP contribution in [0.1, 0.15) is 46.0 Å². The Labute approximate surface area is 112 Å². The molecule has 2 fully saturated rings. The molecule has 1 aliphatic heterocycles. The summed E-state index contributed by atoms with van der Waals surface area (Å²) >= 11 is 0. The molecule has 0 aromatic carbocycles. The highest BCUT2D eigenvalue weighted by Gasteiger charge is 2.30. The lowest BCUT2D eigenvalue weighted by molar-refractivity contribution is 0.0881. The van der Waals surface area contributed by atoms with Gasteiger partial charge in [0, 0.05) is 19.1 Å². The lowest BCUT2D eigenvalue weighted by Crippen LogP contribution is -2.44. The average molecular weight is 254 g/mol. The van der Waals surface area contributed by atoms with Crippen molar-refractivity contribution in [1.82, 2.24) is 10.2 Å². The summed E-state index contributed by atoms with van der Waals surface area (Å²) in [6, 6.07) is 0.640. The molecule has 0 spiro atoms. The van der Waals surface area contributed by atoms with E-state index in [1.165, 1.54) is 32.1 Å². The first-order valence-electron chi connectivity index (χ1n) is 7.82. The molecule has 3 nitrogen and oxygen atoms in total. The van der Waals surface area contributed by atoms with E-state index in [9.17, 15) is 5.11 Å². The number of rotatable bonds is 7. The largest absolute Gasteiger partial charge is 0.390 e. The Morgan fingerprint density at radius 2 is 1.89 bits per heavy atom. The van der Waals surface area contributed by atoms with Crippen molar-refractivity contribution in [2.24, 2.45) is 11.8 Å². The average Bonchev–Trinajstić information content (AvgIpc) is 3.17. The van der Waals surface area contributed by atoms with Crippen molar-refractivity contribution < 1.29 is 5.11 Å². The van der Waals surface area contributed by atoms with Crippen molar-refractivity contribution in [3.8, 4) is 0 Å². The van der Waals surface area contributed by atoms with E-state index in [0.29, 0.717) is 6.04 Å². The van der Waals surface area contributed by atoms with Crippen molar-refractivity contribution in [3.63, 3.8) is 0 Å². The fourth-order valence-corrected chi connectivity index (χ4v) is 3.04. The van der Waals surface area contributed by atoms with Crippen molar-refractivity contribution in [3.05, 3.63) is 0 Å². The first kappa shape index (κ1) is 14.3. The third-order valence-electron chi connectivity index (χ3n) is 4.59. The minimum atomic E-state index is -0.203. The molecule has 2 N–H and O–H groups in total. The molecule has 18 heavy (non-hydrogen) atoms. The van der Waals surface area contributed by atoms with Crippen LogP contribution in [0.3, 0.4) is 0 Å². The van der Waals surface area contributed by atoms with E-state index in [-0.39, 0.29) is 6.10 Å². The molecule has 1 heterocycles. The number of hydrogen-bond acceptors (Lipinski definition) is 3. The molecule has 2 aliphatic rings. The number of aliphatic hydroxyl groups excluding tert-OH is 1. The van der Waals surface area contributed by atoms with Crippen LogP contribution in [0, 0.1) is 11.8 Å². The van der Waals surface area contributed by atoms with E-state index < -0.39 is 0 Å². The number of piperidine rings is 1. The molecular formula is C15H30N2O. The van der Waals surface area contributed by atoms with Gasteiger partial charge in [-0.05, 0) is 57.0 Å². The summed E-state index contributed by atoms with van der Waals surface area (Å²) in [4.78, 5) is 2.42. The van der Waals surface area contributed by atoms with Gasteiger partial charge < -0.3 is 15.3 Å². The van der Waals surface area contributed by atoms with Crippen LogP contribution < -0.4 is 5.32 Å². The standard InChI is InChI=1S/C15H30N2O/c1-3-15(13-4-5-13)16-10-14(18)11-17-8-6-12(2)7-9-17/h12-16,18H,3-11H2,1-2H3. The van der Waals surface area contributed by atoms with Crippen LogP contribution in [0.25, 0.3) is 0 Å². The van der Waals surface area contributed by atoms with E-state index in [1.54, 1.807) is 0 Å². The van der Waals surface area contributed by atoms with Gasteiger partial charge in [0.05, 0.1) is 6.10 Å².